The number of para-hydroxylation sites is 2. The van der Waals surface area contributed by atoms with Crippen molar-refractivity contribution in [2.24, 2.45) is 0 Å². The van der Waals surface area contributed by atoms with E-state index in [1.807, 2.05) is 60.7 Å². The van der Waals surface area contributed by atoms with Crippen LogP contribution in [0.25, 0.3) is 38.6 Å². The Kier molecular flexibility index (Phi) is 7.03. The second kappa shape index (κ2) is 11.9. The zero-order chi connectivity index (χ0) is 34.7. The summed E-state index contributed by atoms with van der Waals surface area (Å²) < 4.78 is 18.2. The number of rotatable bonds is 6. The molecule has 1 aliphatic carbocycles. The summed E-state index contributed by atoms with van der Waals surface area (Å²) in [6.45, 7) is 0. The van der Waals surface area contributed by atoms with E-state index < -0.39 is 12.6 Å². The second-order valence-electron chi connectivity index (χ2n) is 13.6. The van der Waals surface area contributed by atoms with Crippen LogP contribution < -0.4 is 15.9 Å². The van der Waals surface area contributed by atoms with Gasteiger partial charge in [-0.3, -0.25) is 0 Å². The summed E-state index contributed by atoms with van der Waals surface area (Å²) in [4.78, 5) is 0. The molecule has 0 spiro atoms. The van der Waals surface area contributed by atoms with Crippen LogP contribution in [0.2, 0.25) is 0 Å². The van der Waals surface area contributed by atoms with Gasteiger partial charge in [-0.15, -0.1) is 0 Å². The average molecular weight is 684 g/mol. The van der Waals surface area contributed by atoms with Gasteiger partial charge in [0.15, 0.2) is 7.14 Å². The topological polar surface area (TPSA) is 22.0 Å². The maximum absolute atomic E-state index is 15.8. The molecule has 0 fully saturated rings. The van der Waals surface area contributed by atoms with Crippen LogP contribution in [0.15, 0.2) is 206 Å². The Morgan fingerprint density at radius 3 is 1.40 bits per heavy atom. The third-order valence-electron chi connectivity index (χ3n) is 11.0. The summed E-state index contributed by atoms with van der Waals surface area (Å²) in [5.41, 5.74) is 9.89. The lowest BCUT2D eigenvalue weighted by molar-refractivity contribution is 0.592. The highest BCUT2D eigenvalue weighted by Crippen LogP contribution is 2.57. The van der Waals surface area contributed by atoms with Gasteiger partial charge in [0.05, 0.1) is 16.4 Å². The van der Waals surface area contributed by atoms with E-state index in [0.717, 1.165) is 32.7 Å². The van der Waals surface area contributed by atoms with Crippen molar-refractivity contribution in [1.82, 2.24) is 4.57 Å². The first-order valence-electron chi connectivity index (χ1n) is 17.8. The molecule has 1 aromatic heterocycles. The van der Waals surface area contributed by atoms with E-state index >= 15 is 4.57 Å². The highest BCUT2D eigenvalue weighted by atomic mass is 31.2. The van der Waals surface area contributed by atoms with Crippen molar-refractivity contribution in [1.29, 1.82) is 0 Å². The Morgan fingerprint density at radius 2 is 0.865 bits per heavy atom. The van der Waals surface area contributed by atoms with Crippen LogP contribution in [0.4, 0.5) is 0 Å². The Labute approximate surface area is 303 Å². The molecule has 246 valence electrons. The molecule has 0 radical (unpaired) electrons. The molecule has 3 heteroatoms. The molecule has 8 aromatic carbocycles. The van der Waals surface area contributed by atoms with Gasteiger partial charge in [-0.05, 0) is 63.7 Å². The Hall–Kier alpha value is -6.21. The van der Waals surface area contributed by atoms with E-state index in [4.69, 9.17) is 0 Å². The van der Waals surface area contributed by atoms with Crippen molar-refractivity contribution in [3.05, 3.63) is 229 Å². The van der Waals surface area contributed by atoms with Gasteiger partial charge in [-0.2, -0.15) is 0 Å². The minimum absolute atomic E-state index is 0.638. The van der Waals surface area contributed by atoms with E-state index in [1.165, 1.54) is 44.1 Å². The van der Waals surface area contributed by atoms with Crippen molar-refractivity contribution in [3.63, 3.8) is 0 Å². The minimum atomic E-state index is -3.25. The third-order valence-corrected chi connectivity index (χ3v) is 14.0. The van der Waals surface area contributed by atoms with E-state index in [0.29, 0.717) is 0 Å². The zero-order valence-corrected chi connectivity index (χ0v) is 29.3. The fourth-order valence-corrected chi connectivity index (χ4v) is 11.4. The van der Waals surface area contributed by atoms with Gasteiger partial charge in [0.1, 0.15) is 0 Å². The number of aromatic nitrogens is 1. The molecule has 1 aliphatic rings. The third kappa shape index (κ3) is 4.35. The first-order valence-corrected chi connectivity index (χ1v) is 19.5. The lowest BCUT2D eigenvalue weighted by Gasteiger charge is -2.34. The monoisotopic (exact) mass is 683 g/mol. The van der Waals surface area contributed by atoms with Gasteiger partial charge in [-0.1, -0.05) is 176 Å². The summed E-state index contributed by atoms with van der Waals surface area (Å²) in [7, 11) is -3.25. The first kappa shape index (κ1) is 30.6. The zero-order valence-electron chi connectivity index (χ0n) is 28.4. The molecule has 52 heavy (non-hydrogen) atoms. The SMILES string of the molecule is O=P(c1ccccc1)(c1ccccc1)c1ccc2c(c1)C(c1ccccc1)(c1ccccc1)c1ccc(-n3c4ccccc4c4ccccc43)cc1-2. The molecule has 1 heterocycles. The van der Waals surface area contributed by atoms with Crippen molar-refractivity contribution in [2.75, 3.05) is 0 Å². The van der Waals surface area contributed by atoms with Gasteiger partial charge in [0.2, 0.25) is 0 Å². The average Bonchev–Trinajstić information content (AvgIpc) is 3.72. The van der Waals surface area contributed by atoms with Gasteiger partial charge >= 0.3 is 0 Å². The number of benzene rings is 8. The number of hydrogen-bond acceptors (Lipinski definition) is 1. The highest BCUT2D eigenvalue weighted by molar-refractivity contribution is 7.85. The summed E-state index contributed by atoms with van der Waals surface area (Å²) in [5.74, 6) is 0. The smallest absolute Gasteiger partial charge is 0.171 e. The van der Waals surface area contributed by atoms with Gasteiger partial charge in [0, 0.05) is 32.4 Å². The molecule has 0 bridgehead atoms. The molecule has 9 aromatic rings. The number of fused-ring (bicyclic) bond motifs is 6. The van der Waals surface area contributed by atoms with Crippen molar-refractivity contribution in [3.8, 4) is 16.8 Å². The summed E-state index contributed by atoms with van der Waals surface area (Å²) in [6.07, 6.45) is 0. The minimum Gasteiger partial charge on any atom is -0.309 e. The lowest BCUT2D eigenvalue weighted by Crippen LogP contribution is -2.31. The van der Waals surface area contributed by atoms with E-state index in [2.05, 4.69) is 150 Å². The second-order valence-corrected chi connectivity index (χ2v) is 16.4. The van der Waals surface area contributed by atoms with Crippen molar-refractivity contribution < 1.29 is 4.57 Å². The summed E-state index contributed by atoms with van der Waals surface area (Å²) in [6, 6.07) is 72.6. The Bertz CT molecular complexity index is 2670. The van der Waals surface area contributed by atoms with Crippen LogP contribution >= 0.6 is 7.14 Å². The Balaban J connectivity index is 1.30. The molecule has 0 atom stereocenters. The van der Waals surface area contributed by atoms with Crippen LogP contribution in [0.5, 0.6) is 0 Å². The molecular weight excluding hydrogens is 650 g/mol. The molecule has 0 unspecified atom stereocenters. The molecule has 0 N–H and O–H groups in total. The molecular formula is C49H34NOP. The summed E-state index contributed by atoms with van der Waals surface area (Å²) >= 11 is 0. The van der Waals surface area contributed by atoms with E-state index in [1.54, 1.807) is 0 Å². The predicted molar refractivity (Wildman–Crippen MR) is 217 cm³/mol. The first-order chi connectivity index (χ1) is 25.7. The van der Waals surface area contributed by atoms with Crippen molar-refractivity contribution >= 4 is 44.9 Å². The van der Waals surface area contributed by atoms with Gasteiger partial charge in [-0.25, -0.2) is 0 Å². The lowest BCUT2D eigenvalue weighted by atomic mass is 9.68. The van der Waals surface area contributed by atoms with Crippen LogP contribution in [0, 0.1) is 0 Å². The van der Waals surface area contributed by atoms with E-state index in [-0.39, 0.29) is 0 Å². The molecule has 10 rings (SSSR count). The van der Waals surface area contributed by atoms with Crippen LogP contribution in [0.1, 0.15) is 22.3 Å². The normalized spacial score (nSPS) is 13.2. The molecule has 0 amide bonds. The quantitative estimate of drug-likeness (QED) is 0.160. The fraction of sp³-hybridized carbons (Fsp3) is 0.0204. The maximum atomic E-state index is 15.8. The van der Waals surface area contributed by atoms with Crippen LogP contribution in [-0.4, -0.2) is 4.57 Å². The molecule has 2 nitrogen and oxygen atoms in total. The van der Waals surface area contributed by atoms with E-state index in [9.17, 15) is 0 Å². The summed E-state index contributed by atoms with van der Waals surface area (Å²) in [5, 5.41) is 4.97. The predicted octanol–water partition coefficient (Wildman–Crippen LogP) is 10.8. The number of nitrogens with zero attached hydrogens (tertiary/aromatic N) is 1. The Morgan fingerprint density at radius 1 is 0.385 bits per heavy atom. The van der Waals surface area contributed by atoms with Crippen LogP contribution in [0.3, 0.4) is 0 Å². The van der Waals surface area contributed by atoms with Gasteiger partial charge in [0.25, 0.3) is 0 Å². The molecule has 0 saturated carbocycles. The standard InChI is InChI=1S/C49H34NOP/c51-52(38-21-9-3-10-22-38,39-23-11-4-12-24-39)40-30-31-41-44-33-37(50-47-27-15-13-25-42(47)43-26-14-16-28-48(43)50)29-32-45(44)49(46(41)34-40,35-17-5-1-6-18-35)36-19-7-2-8-20-36/h1-34H. The fourth-order valence-electron chi connectivity index (χ4n) is 8.73. The molecule has 0 saturated heterocycles. The number of hydrogen-bond donors (Lipinski definition) is 0. The van der Waals surface area contributed by atoms with Gasteiger partial charge < -0.3 is 9.13 Å². The van der Waals surface area contributed by atoms with Crippen molar-refractivity contribution in [2.45, 2.75) is 5.41 Å². The van der Waals surface area contributed by atoms with Crippen LogP contribution in [-0.2, 0) is 9.98 Å². The highest BCUT2D eigenvalue weighted by Gasteiger charge is 2.47. The molecule has 0 aliphatic heterocycles. The largest absolute Gasteiger partial charge is 0.309 e. The maximum Gasteiger partial charge on any atom is 0.171 e.